The second kappa shape index (κ2) is 6.19. The van der Waals surface area contributed by atoms with E-state index >= 15 is 0 Å². The zero-order chi connectivity index (χ0) is 13.0. The van der Waals surface area contributed by atoms with Crippen LogP contribution in [0.15, 0.2) is 4.47 Å². The van der Waals surface area contributed by atoms with Crippen LogP contribution in [0.2, 0.25) is 0 Å². The Bertz CT molecular complexity index is 401. The van der Waals surface area contributed by atoms with Crippen molar-refractivity contribution in [2.75, 3.05) is 0 Å². The van der Waals surface area contributed by atoms with Crippen molar-refractivity contribution >= 4 is 21.9 Å². The van der Waals surface area contributed by atoms with Gasteiger partial charge in [-0.1, -0.05) is 13.8 Å². The van der Waals surface area contributed by atoms with Crippen molar-refractivity contribution in [2.45, 2.75) is 46.6 Å². The Morgan fingerprint density at radius 3 is 2.65 bits per heavy atom. The summed E-state index contributed by atoms with van der Waals surface area (Å²) in [6.45, 7) is 6.88. The van der Waals surface area contributed by atoms with Crippen molar-refractivity contribution in [3.63, 3.8) is 0 Å². The van der Waals surface area contributed by atoms with Gasteiger partial charge in [-0.05, 0) is 41.6 Å². The van der Waals surface area contributed by atoms with E-state index in [0.29, 0.717) is 0 Å². The van der Waals surface area contributed by atoms with Crippen LogP contribution in [0.1, 0.15) is 38.6 Å². The number of carbonyl (C=O) groups is 1. The highest BCUT2D eigenvalue weighted by Gasteiger charge is 2.17. The smallest absolute Gasteiger partial charge is 0.303 e. The third kappa shape index (κ3) is 3.56. The van der Waals surface area contributed by atoms with Gasteiger partial charge >= 0.3 is 5.97 Å². The minimum absolute atomic E-state index is 0.121. The van der Waals surface area contributed by atoms with E-state index in [-0.39, 0.29) is 12.3 Å². The van der Waals surface area contributed by atoms with Crippen LogP contribution in [0.5, 0.6) is 0 Å². The van der Waals surface area contributed by atoms with E-state index in [4.69, 9.17) is 5.11 Å². The van der Waals surface area contributed by atoms with Crippen LogP contribution >= 0.6 is 15.9 Å². The minimum atomic E-state index is -0.744. The number of rotatable bonds is 6. The average Bonchev–Trinajstić information content (AvgIpc) is 2.55. The van der Waals surface area contributed by atoms with E-state index in [1.807, 2.05) is 18.5 Å². The van der Waals surface area contributed by atoms with Crippen molar-refractivity contribution in [1.82, 2.24) is 9.78 Å². The zero-order valence-electron chi connectivity index (χ0n) is 10.5. The molecule has 1 heterocycles. The molecule has 1 N–H and O–H groups in total. The molecule has 4 nitrogen and oxygen atoms in total. The first-order valence-corrected chi connectivity index (χ1v) is 6.74. The van der Waals surface area contributed by atoms with Gasteiger partial charge in [0, 0.05) is 13.0 Å². The number of aryl methyl sites for hydroxylation is 2. The fourth-order valence-corrected chi connectivity index (χ4v) is 2.64. The second-order valence-electron chi connectivity index (χ2n) is 4.28. The maximum atomic E-state index is 10.7. The molecule has 0 fully saturated rings. The minimum Gasteiger partial charge on any atom is -0.481 e. The van der Waals surface area contributed by atoms with E-state index in [1.54, 1.807) is 0 Å². The summed E-state index contributed by atoms with van der Waals surface area (Å²) in [4.78, 5) is 10.7. The molecular formula is C12H19BrN2O2. The molecule has 0 aliphatic rings. The maximum absolute atomic E-state index is 10.7. The van der Waals surface area contributed by atoms with Gasteiger partial charge in [-0.2, -0.15) is 5.10 Å². The van der Waals surface area contributed by atoms with Gasteiger partial charge in [-0.15, -0.1) is 0 Å². The maximum Gasteiger partial charge on any atom is 0.303 e. The first-order chi connectivity index (χ1) is 7.99. The number of aromatic nitrogens is 2. The van der Waals surface area contributed by atoms with E-state index in [0.717, 1.165) is 35.2 Å². The van der Waals surface area contributed by atoms with E-state index in [2.05, 4.69) is 28.0 Å². The van der Waals surface area contributed by atoms with Gasteiger partial charge in [0.15, 0.2) is 0 Å². The Balaban J connectivity index is 2.88. The molecule has 0 aliphatic heterocycles. The molecule has 0 amide bonds. The molecule has 0 spiro atoms. The van der Waals surface area contributed by atoms with Gasteiger partial charge in [0.05, 0.1) is 15.9 Å². The second-order valence-corrected chi connectivity index (χ2v) is 5.08. The Labute approximate surface area is 110 Å². The lowest BCUT2D eigenvalue weighted by Gasteiger charge is -2.10. The third-order valence-electron chi connectivity index (χ3n) is 2.76. The fourth-order valence-electron chi connectivity index (χ4n) is 1.91. The molecule has 0 saturated carbocycles. The van der Waals surface area contributed by atoms with Crippen molar-refractivity contribution in [3.8, 4) is 0 Å². The van der Waals surface area contributed by atoms with Gasteiger partial charge in [-0.25, -0.2) is 0 Å². The molecule has 0 aliphatic carbocycles. The van der Waals surface area contributed by atoms with Gasteiger partial charge in [0.1, 0.15) is 0 Å². The first-order valence-electron chi connectivity index (χ1n) is 5.95. The van der Waals surface area contributed by atoms with E-state index in [1.165, 1.54) is 0 Å². The Morgan fingerprint density at radius 2 is 2.18 bits per heavy atom. The van der Waals surface area contributed by atoms with Crippen LogP contribution in [0.25, 0.3) is 0 Å². The van der Waals surface area contributed by atoms with E-state index in [9.17, 15) is 4.79 Å². The molecule has 96 valence electrons. The van der Waals surface area contributed by atoms with Gasteiger partial charge in [0.2, 0.25) is 0 Å². The molecule has 0 aromatic carbocycles. The summed E-state index contributed by atoms with van der Waals surface area (Å²) >= 11 is 3.57. The Kier molecular flexibility index (Phi) is 5.18. The lowest BCUT2D eigenvalue weighted by molar-refractivity contribution is -0.137. The standard InChI is InChI=1S/C12H19BrN2O2/c1-4-9-12(13)10(15(5-2)14-9)6-8(3)7-11(16)17/h8H,4-7H2,1-3H3,(H,16,17). The predicted octanol–water partition coefficient (Wildman–Crippen LogP) is 2.88. The number of aliphatic carboxylic acids is 1. The molecule has 5 heteroatoms. The summed E-state index contributed by atoms with van der Waals surface area (Å²) in [6, 6.07) is 0. The lowest BCUT2D eigenvalue weighted by Crippen LogP contribution is -2.11. The van der Waals surface area contributed by atoms with Crippen molar-refractivity contribution in [1.29, 1.82) is 0 Å². The summed E-state index contributed by atoms with van der Waals surface area (Å²) in [5.74, 6) is -0.623. The van der Waals surface area contributed by atoms with Gasteiger partial charge < -0.3 is 5.11 Å². The topological polar surface area (TPSA) is 55.1 Å². The highest BCUT2D eigenvalue weighted by molar-refractivity contribution is 9.10. The van der Waals surface area contributed by atoms with Crippen LogP contribution in [-0.4, -0.2) is 20.9 Å². The molecule has 1 aromatic heterocycles. The van der Waals surface area contributed by atoms with E-state index < -0.39 is 5.97 Å². The molecule has 0 saturated heterocycles. The van der Waals surface area contributed by atoms with Crippen molar-refractivity contribution in [2.24, 2.45) is 5.92 Å². The Hall–Kier alpha value is -0.840. The van der Waals surface area contributed by atoms with Gasteiger partial charge in [-0.3, -0.25) is 9.48 Å². The SMILES string of the molecule is CCc1nn(CC)c(CC(C)CC(=O)O)c1Br. The quantitative estimate of drug-likeness (QED) is 0.879. The number of carboxylic acids is 1. The summed E-state index contributed by atoms with van der Waals surface area (Å²) in [6.07, 6.45) is 1.82. The average molecular weight is 303 g/mol. The molecule has 0 bridgehead atoms. The van der Waals surface area contributed by atoms with Crippen LogP contribution < -0.4 is 0 Å². The Morgan fingerprint density at radius 1 is 1.53 bits per heavy atom. The largest absolute Gasteiger partial charge is 0.481 e. The number of halogens is 1. The molecular weight excluding hydrogens is 284 g/mol. The molecule has 17 heavy (non-hydrogen) atoms. The number of nitrogens with zero attached hydrogens (tertiary/aromatic N) is 2. The van der Waals surface area contributed by atoms with Crippen LogP contribution in [0.3, 0.4) is 0 Å². The van der Waals surface area contributed by atoms with Crippen molar-refractivity contribution < 1.29 is 9.90 Å². The van der Waals surface area contributed by atoms with Crippen LogP contribution in [0.4, 0.5) is 0 Å². The summed E-state index contributed by atoms with van der Waals surface area (Å²) in [5, 5.41) is 13.3. The van der Waals surface area contributed by atoms with Gasteiger partial charge in [0.25, 0.3) is 0 Å². The molecule has 1 rings (SSSR count). The highest BCUT2D eigenvalue weighted by atomic mass is 79.9. The number of hydrogen-bond donors (Lipinski definition) is 1. The molecule has 1 aromatic rings. The van der Waals surface area contributed by atoms with Crippen LogP contribution in [0, 0.1) is 5.92 Å². The summed E-state index contributed by atoms with van der Waals surface area (Å²) in [7, 11) is 0. The first kappa shape index (κ1) is 14.2. The molecule has 0 radical (unpaired) electrons. The lowest BCUT2D eigenvalue weighted by atomic mass is 10.0. The molecule has 1 unspecified atom stereocenters. The monoisotopic (exact) mass is 302 g/mol. The van der Waals surface area contributed by atoms with Crippen molar-refractivity contribution in [3.05, 3.63) is 15.9 Å². The third-order valence-corrected chi connectivity index (χ3v) is 3.67. The summed E-state index contributed by atoms with van der Waals surface area (Å²) in [5.41, 5.74) is 2.16. The highest BCUT2D eigenvalue weighted by Crippen LogP contribution is 2.25. The number of hydrogen-bond acceptors (Lipinski definition) is 2. The zero-order valence-corrected chi connectivity index (χ0v) is 12.1. The number of carboxylic acid groups (broad SMARTS) is 1. The summed E-state index contributed by atoms with van der Waals surface area (Å²) < 4.78 is 3.00. The van der Waals surface area contributed by atoms with Crippen LogP contribution in [-0.2, 0) is 24.2 Å². The predicted molar refractivity (Wildman–Crippen MR) is 70.1 cm³/mol. The fraction of sp³-hybridized carbons (Fsp3) is 0.667. The molecule has 1 atom stereocenters. The normalized spacial score (nSPS) is 12.7.